The minimum absolute atomic E-state index is 0.123. The SMILES string of the molecule is Cc1ccc(NC(=O)COC(=O)C2=CN3CCS(=O)(=O)N=C3C=C2)cc1C. The maximum absolute atomic E-state index is 12.1. The zero-order chi connectivity index (χ0) is 19.6. The quantitative estimate of drug-likeness (QED) is 0.778. The van der Waals surface area contributed by atoms with E-state index in [4.69, 9.17) is 4.74 Å². The van der Waals surface area contributed by atoms with Crippen LogP contribution in [0.4, 0.5) is 5.69 Å². The first kappa shape index (κ1) is 18.8. The van der Waals surface area contributed by atoms with Crippen molar-refractivity contribution in [2.75, 3.05) is 24.2 Å². The molecule has 9 heteroatoms. The number of carbonyl (C=O) groups is 2. The van der Waals surface area contributed by atoms with Crippen molar-refractivity contribution in [2.45, 2.75) is 13.8 Å². The van der Waals surface area contributed by atoms with E-state index in [0.717, 1.165) is 11.1 Å². The number of fused-ring (bicyclic) bond motifs is 1. The molecule has 0 bridgehead atoms. The molecule has 2 aliphatic rings. The summed E-state index contributed by atoms with van der Waals surface area (Å²) in [6.45, 7) is 3.69. The lowest BCUT2D eigenvalue weighted by molar-refractivity contribution is -0.143. The van der Waals surface area contributed by atoms with Gasteiger partial charge in [-0.2, -0.15) is 0 Å². The first-order chi connectivity index (χ1) is 12.7. The Morgan fingerprint density at radius 2 is 2.00 bits per heavy atom. The highest BCUT2D eigenvalue weighted by Gasteiger charge is 2.25. The Hall–Kier alpha value is -2.94. The monoisotopic (exact) mass is 389 g/mol. The summed E-state index contributed by atoms with van der Waals surface area (Å²) in [4.78, 5) is 25.7. The van der Waals surface area contributed by atoms with Gasteiger partial charge in [0.05, 0.1) is 11.3 Å². The lowest BCUT2D eigenvalue weighted by Gasteiger charge is -2.26. The van der Waals surface area contributed by atoms with Crippen molar-refractivity contribution in [3.8, 4) is 0 Å². The maximum Gasteiger partial charge on any atom is 0.340 e. The largest absolute Gasteiger partial charge is 0.452 e. The van der Waals surface area contributed by atoms with Gasteiger partial charge in [0.2, 0.25) is 0 Å². The molecule has 0 radical (unpaired) electrons. The van der Waals surface area contributed by atoms with Gasteiger partial charge in [-0.15, -0.1) is 4.40 Å². The minimum atomic E-state index is -3.45. The fourth-order valence-corrected chi connectivity index (χ4v) is 3.52. The second-order valence-corrected chi connectivity index (χ2v) is 8.02. The normalized spacial score (nSPS) is 17.5. The number of anilines is 1. The van der Waals surface area contributed by atoms with Crippen molar-refractivity contribution in [2.24, 2.45) is 4.40 Å². The lowest BCUT2D eigenvalue weighted by Crippen LogP contribution is -2.37. The van der Waals surface area contributed by atoms with E-state index >= 15 is 0 Å². The number of hydrogen-bond acceptors (Lipinski definition) is 6. The molecule has 0 fully saturated rings. The van der Waals surface area contributed by atoms with Crippen molar-refractivity contribution in [1.82, 2.24) is 4.90 Å². The zero-order valence-electron chi connectivity index (χ0n) is 14.9. The molecule has 8 nitrogen and oxygen atoms in total. The third-order valence-corrected chi connectivity index (χ3v) is 5.35. The highest BCUT2D eigenvalue weighted by Crippen LogP contribution is 2.17. The number of amidine groups is 1. The van der Waals surface area contributed by atoms with Crippen LogP contribution in [-0.4, -0.2) is 49.9 Å². The molecular formula is C18H19N3O5S. The van der Waals surface area contributed by atoms with E-state index < -0.39 is 28.5 Å². The van der Waals surface area contributed by atoms with Crippen LogP contribution >= 0.6 is 0 Å². The molecule has 0 saturated heterocycles. The number of nitrogens with zero attached hydrogens (tertiary/aromatic N) is 2. The molecule has 27 heavy (non-hydrogen) atoms. The Kier molecular flexibility index (Phi) is 5.13. The van der Waals surface area contributed by atoms with E-state index in [1.807, 2.05) is 26.0 Å². The third kappa shape index (κ3) is 4.62. The van der Waals surface area contributed by atoms with E-state index in [1.165, 1.54) is 18.4 Å². The topological polar surface area (TPSA) is 105 Å². The summed E-state index contributed by atoms with van der Waals surface area (Å²) in [7, 11) is -3.45. The number of rotatable bonds is 4. The molecule has 0 aliphatic carbocycles. The van der Waals surface area contributed by atoms with Crippen molar-refractivity contribution < 1.29 is 22.7 Å². The van der Waals surface area contributed by atoms with Crippen LogP contribution in [0.1, 0.15) is 11.1 Å². The predicted octanol–water partition coefficient (Wildman–Crippen LogP) is 1.28. The molecule has 0 saturated carbocycles. The fourth-order valence-electron chi connectivity index (χ4n) is 2.55. The molecule has 1 aromatic rings. The Bertz CT molecular complexity index is 992. The van der Waals surface area contributed by atoms with Crippen molar-refractivity contribution >= 4 is 33.4 Å². The first-order valence-electron chi connectivity index (χ1n) is 8.27. The van der Waals surface area contributed by atoms with Crippen molar-refractivity contribution in [3.05, 3.63) is 53.3 Å². The molecule has 0 spiro atoms. The fraction of sp³-hybridized carbons (Fsp3) is 0.278. The molecule has 2 aliphatic heterocycles. The number of carbonyl (C=O) groups excluding carboxylic acids is 2. The van der Waals surface area contributed by atoms with Gasteiger partial charge in [0.25, 0.3) is 15.9 Å². The van der Waals surface area contributed by atoms with Crippen LogP contribution in [0.2, 0.25) is 0 Å². The average molecular weight is 389 g/mol. The number of benzene rings is 1. The minimum Gasteiger partial charge on any atom is -0.452 e. The van der Waals surface area contributed by atoms with Crippen LogP contribution in [0.5, 0.6) is 0 Å². The van der Waals surface area contributed by atoms with E-state index in [2.05, 4.69) is 9.71 Å². The highest BCUT2D eigenvalue weighted by atomic mass is 32.2. The summed E-state index contributed by atoms with van der Waals surface area (Å²) in [5, 5.41) is 2.67. The zero-order valence-corrected chi connectivity index (χ0v) is 15.7. The highest BCUT2D eigenvalue weighted by molar-refractivity contribution is 7.90. The number of nitrogens with one attached hydrogen (secondary N) is 1. The molecule has 2 heterocycles. The number of sulfonamides is 1. The van der Waals surface area contributed by atoms with Gasteiger partial charge in [0, 0.05) is 18.4 Å². The van der Waals surface area contributed by atoms with E-state index in [9.17, 15) is 18.0 Å². The van der Waals surface area contributed by atoms with Gasteiger partial charge >= 0.3 is 5.97 Å². The standard InChI is InChI=1S/C18H19N3O5S/c1-12-3-5-15(9-13(12)2)19-17(22)11-26-18(23)14-4-6-16-20-27(24,25)8-7-21(16)10-14/h3-6,9-10H,7-8,11H2,1-2H3,(H,19,22). The van der Waals surface area contributed by atoms with E-state index in [1.54, 1.807) is 11.0 Å². The van der Waals surface area contributed by atoms with Crippen LogP contribution in [0, 0.1) is 13.8 Å². The van der Waals surface area contributed by atoms with Crippen LogP contribution < -0.4 is 5.32 Å². The third-order valence-electron chi connectivity index (χ3n) is 4.18. The van der Waals surface area contributed by atoms with Gasteiger partial charge in [-0.1, -0.05) is 6.07 Å². The van der Waals surface area contributed by atoms with Crippen molar-refractivity contribution in [1.29, 1.82) is 0 Å². The second-order valence-electron chi connectivity index (χ2n) is 6.27. The molecule has 0 aromatic heterocycles. The Morgan fingerprint density at radius 3 is 2.74 bits per heavy atom. The molecule has 0 atom stereocenters. The van der Waals surface area contributed by atoms with Gasteiger partial charge in [-0.25, -0.2) is 13.2 Å². The number of ether oxygens (including phenoxy) is 1. The van der Waals surface area contributed by atoms with Gasteiger partial charge in [0.15, 0.2) is 6.61 Å². The average Bonchev–Trinajstić information content (AvgIpc) is 2.61. The Labute approximate surface area is 157 Å². The van der Waals surface area contributed by atoms with Gasteiger partial charge in [-0.3, -0.25) is 4.79 Å². The van der Waals surface area contributed by atoms with E-state index in [0.29, 0.717) is 5.69 Å². The lowest BCUT2D eigenvalue weighted by atomic mass is 10.1. The Morgan fingerprint density at radius 1 is 1.22 bits per heavy atom. The summed E-state index contributed by atoms with van der Waals surface area (Å²) in [6.07, 6.45) is 4.32. The summed E-state index contributed by atoms with van der Waals surface area (Å²) in [5.74, 6) is -0.987. The Balaban J connectivity index is 1.57. The van der Waals surface area contributed by atoms with Crippen LogP contribution in [0.15, 0.2) is 46.5 Å². The summed E-state index contributed by atoms with van der Waals surface area (Å²) >= 11 is 0. The molecule has 1 amide bonds. The second kappa shape index (κ2) is 7.36. The molecule has 0 unspecified atom stereocenters. The molecule has 1 N–H and O–H groups in total. The first-order valence-corrected chi connectivity index (χ1v) is 9.88. The molecule has 3 rings (SSSR count). The van der Waals surface area contributed by atoms with Gasteiger partial charge in [-0.05, 0) is 49.3 Å². The number of amides is 1. The van der Waals surface area contributed by atoms with Crippen LogP contribution in [0.25, 0.3) is 0 Å². The number of hydrogen-bond donors (Lipinski definition) is 1. The number of aryl methyl sites for hydroxylation is 2. The smallest absolute Gasteiger partial charge is 0.340 e. The van der Waals surface area contributed by atoms with E-state index in [-0.39, 0.29) is 23.7 Å². The number of esters is 1. The molecule has 1 aromatic carbocycles. The molecular weight excluding hydrogens is 370 g/mol. The maximum atomic E-state index is 12.1. The summed E-state index contributed by atoms with van der Waals surface area (Å²) < 4.78 is 31.6. The van der Waals surface area contributed by atoms with Crippen LogP contribution in [-0.2, 0) is 24.3 Å². The summed E-state index contributed by atoms with van der Waals surface area (Å²) in [5.41, 5.74) is 3.01. The molecule has 142 valence electrons. The van der Waals surface area contributed by atoms with Gasteiger partial charge < -0.3 is 15.0 Å². The van der Waals surface area contributed by atoms with Crippen LogP contribution in [0.3, 0.4) is 0 Å². The summed E-state index contributed by atoms with van der Waals surface area (Å²) in [6, 6.07) is 5.51. The van der Waals surface area contributed by atoms with Crippen molar-refractivity contribution in [3.63, 3.8) is 0 Å². The predicted molar refractivity (Wildman–Crippen MR) is 101 cm³/mol. The van der Waals surface area contributed by atoms with Gasteiger partial charge in [0.1, 0.15) is 5.84 Å².